The molecule has 6 rings (SSSR count). The predicted octanol–water partition coefficient (Wildman–Crippen LogP) is 6.51. The summed E-state index contributed by atoms with van der Waals surface area (Å²) in [6.07, 6.45) is 3.51. The van der Waals surface area contributed by atoms with Crippen LogP contribution in [0.3, 0.4) is 0 Å². The minimum atomic E-state index is -4.32. The molecule has 1 aromatic heterocycles. The van der Waals surface area contributed by atoms with Crippen LogP contribution in [0.4, 0.5) is 5.69 Å². The zero-order valence-electron chi connectivity index (χ0n) is 23.1. The lowest BCUT2D eigenvalue weighted by molar-refractivity contribution is -0.677. The highest BCUT2D eigenvalue weighted by molar-refractivity contribution is 7.85. The van der Waals surface area contributed by atoms with Crippen LogP contribution in [0.5, 0.6) is 5.75 Å². The van der Waals surface area contributed by atoms with Crippen LogP contribution in [0, 0.1) is 0 Å². The van der Waals surface area contributed by atoms with Crippen LogP contribution in [0.1, 0.15) is 32.1 Å². The number of rotatable bonds is 9. The summed E-state index contributed by atoms with van der Waals surface area (Å²) in [6.45, 7) is 2.44. The van der Waals surface area contributed by atoms with E-state index in [0.29, 0.717) is 24.4 Å². The fourth-order valence-corrected chi connectivity index (χ4v) is 5.97. The Hall–Kier alpha value is -4.14. The average Bonchev–Trinajstić information content (AvgIpc) is 3.46. The van der Waals surface area contributed by atoms with E-state index < -0.39 is 15.9 Å². The van der Waals surface area contributed by atoms with Gasteiger partial charge in [0, 0.05) is 31.7 Å². The number of aromatic nitrogens is 1. The van der Waals surface area contributed by atoms with Gasteiger partial charge in [-0.2, -0.15) is 4.57 Å². The molecule has 0 radical (unpaired) electrons. The van der Waals surface area contributed by atoms with Gasteiger partial charge in [-0.1, -0.05) is 73.2 Å². The molecule has 0 amide bonds. The molecule has 1 unspecified atom stereocenters. The highest BCUT2D eigenvalue weighted by Crippen LogP contribution is 2.41. The Bertz CT molecular complexity index is 1860. The van der Waals surface area contributed by atoms with Gasteiger partial charge < -0.3 is 18.6 Å². The van der Waals surface area contributed by atoms with Crippen molar-refractivity contribution in [3.8, 4) is 16.9 Å². The Morgan fingerprint density at radius 2 is 1.71 bits per heavy atom. The molecular weight excluding hydrogens is 536 g/mol. The van der Waals surface area contributed by atoms with E-state index in [1.165, 1.54) is 5.39 Å². The van der Waals surface area contributed by atoms with Gasteiger partial charge in [0.05, 0.1) is 21.9 Å². The Morgan fingerprint density at radius 1 is 0.976 bits per heavy atom. The summed E-state index contributed by atoms with van der Waals surface area (Å²) in [7, 11) is -2.27. The Morgan fingerprint density at radius 3 is 2.44 bits per heavy atom. The smallest absolute Gasteiger partial charge is 0.374 e. The first kappa shape index (κ1) is 27.1. The molecule has 1 atom stereocenters. The quantitative estimate of drug-likeness (QED) is 0.149. The monoisotopic (exact) mass is 568 g/mol. The molecule has 0 aliphatic carbocycles. The fourth-order valence-electron chi connectivity index (χ4n) is 5.49. The Balaban J connectivity index is 1.33. The van der Waals surface area contributed by atoms with Gasteiger partial charge in [-0.15, -0.1) is 0 Å². The molecular formula is C33H32N2O5S. The normalized spacial score (nSPS) is 15.4. The van der Waals surface area contributed by atoms with E-state index in [1.54, 1.807) is 0 Å². The number of aryl methyl sites for hydroxylation is 1. The van der Waals surface area contributed by atoms with E-state index in [2.05, 4.69) is 42.2 Å². The lowest BCUT2D eigenvalue weighted by atomic mass is 10.1. The van der Waals surface area contributed by atoms with Gasteiger partial charge >= 0.3 is 5.89 Å². The summed E-state index contributed by atoms with van der Waals surface area (Å²) in [5, 5.41) is 2.32. The maximum atomic E-state index is 11.3. The van der Waals surface area contributed by atoms with Gasteiger partial charge in [0.15, 0.2) is 12.8 Å². The van der Waals surface area contributed by atoms with E-state index in [1.807, 2.05) is 72.3 Å². The molecule has 1 aliphatic rings. The maximum absolute atomic E-state index is 11.3. The average molecular weight is 569 g/mol. The van der Waals surface area contributed by atoms with Crippen LogP contribution in [0.15, 0.2) is 94.9 Å². The number of anilines is 1. The number of nitrogens with zero attached hydrogens (tertiary/aromatic N) is 2. The van der Waals surface area contributed by atoms with Gasteiger partial charge in [0.2, 0.25) is 5.58 Å². The number of ether oxygens (including phenoxy) is 1. The number of benzene rings is 4. The summed E-state index contributed by atoms with van der Waals surface area (Å²) < 4.78 is 48.7. The topological polar surface area (TPSA) is 86.7 Å². The molecule has 41 heavy (non-hydrogen) atoms. The molecule has 1 aliphatic heterocycles. The largest absolute Gasteiger partial charge is 0.748 e. The zero-order chi connectivity index (χ0) is 28.6. The third-order valence-corrected chi connectivity index (χ3v) is 8.52. The van der Waals surface area contributed by atoms with E-state index >= 15 is 0 Å². The molecule has 0 saturated heterocycles. The first-order valence-electron chi connectivity index (χ1n) is 13.9. The Labute approximate surface area is 240 Å². The summed E-state index contributed by atoms with van der Waals surface area (Å²) in [4.78, 5) is 2.17. The minimum absolute atomic E-state index is 0.166. The summed E-state index contributed by atoms with van der Waals surface area (Å²) in [5.74, 6) is 1.06. The van der Waals surface area contributed by atoms with Crippen LogP contribution in [-0.2, 0) is 16.7 Å². The highest BCUT2D eigenvalue weighted by atomic mass is 32.2. The van der Waals surface area contributed by atoms with E-state index in [0.717, 1.165) is 45.5 Å². The van der Waals surface area contributed by atoms with Crippen molar-refractivity contribution in [2.45, 2.75) is 39.0 Å². The van der Waals surface area contributed by atoms with Crippen molar-refractivity contribution in [1.82, 2.24) is 0 Å². The molecule has 5 aromatic rings. The molecule has 0 N–H and O–H groups in total. The second kappa shape index (κ2) is 11.0. The van der Waals surface area contributed by atoms with Gasteiger partial charge in [-0.25, -0.2) is 8.42 Å². The van der Waals surface area contributed by atoms with Gasteiger partial charge in [0.25, 0.3) is 5.52 Å². The number of hydrogen-bond acceptors (Lipinski definition) is 6. The van der Waals surface area contributed by atoms with Gasteiger partial charge in [-0.3, -0.25) is 0 Å². The van der Waals surface area contributed by atoms with Crippen LogP contribution in [-0.4, -0.2) is 32.0 Å². The number of oxazole rings is 1. The van der Waals surface area contributed by atoms with Crippen LogP contribution in [0.25, 0.3) is 39.1 Å². The fraction of sp³-hybridized carbons (Fsp3) is 0.242. The van der Waals surface area contributed by atoms with E-state index in [9.17, 15) is 13.0 Å². The molecule has 2 heterocycles. The highest BCUT2D eigenvalue weighted by Gasteiger charge is 2.30. The molecule has 0 saturated carbocycles. The van der Waals surface area contributed by atoms with E-state index in [4.69, 9.17) is 9.15 Å². The lowest BCUT2D eigenvalue weighted by Gasteiger charge is -2.21. The predicted molar refractivity (Wildman–Crippen MR) is 161 cm³/mol. The standard InChI is InChI=1S/C33H32N2O5S/c1-3-23(18-32-34(2)28-20-25-12-7-8-13-26(25)22-31(28)40-32)19-33-35(16-9-17-41(36,37)38)29-21-27(14-15-30(29)39-33)24-10-5-4-6-11-24/h4-8,10-15,19-22,32H,3,9,16-18H2,1-2H3/b23-19-. The van der Waals surface area contributed by atoms with Crippen molar-refractivity contribution in [1.29, 1.82) is 0 Å². The molecule has 0 bridgehead atoms. The number of fused-ring (bicyclic) bond motifs is 3. The van der Waals surface area contributed by atoms with Crippen molar-refractivity contribution in [2.24, 2.45) is 0 Å². The first-order valence-corrected chi connectivity index (χ1v) is 15.4. The summed E-state index contributed by atoms with van der Waals surface area (Å²) >= 11 is 0. The first-order chi connectivity index (χ1) is 19.8. The van der Waals surface area contributed by atoms with Crippen molar-refractivity contribution < 1.29 is 26.7 Å². The minimum Gasteiger partial charge on any atom is -0.748 e. The number of hydrogen-bond donors (Lipinski definition) is 0. The van der Waals surface area contributed by atoms with Gasteiger partial charge in [-0.05, 0) is 46.5 Å². The van der Waals surface area contributed by atoms with Crippen molar-refractivity contribution >= 4 is 43.8 Å². The molecule has 4 aromatic carbocycles. The molecule has 0 fully saturated rings. The third-order valence-electron chi connectivity index (χ3n) is 7.73. The second-order valence-corrected chi connectivity index (χ2v) is 12.0. The van der Waals surface area contributed by atoms with Crippen LogP contribution < -0.4 is 14.2 Å². The van der Waals surface area contributed by atoms with Crippen molar-refractivity contribution in [2.75, 3.05) is 17.7 Å². The Kier molecular flexibility index (Phi) is 7.28. The molecule has 7 nitrogen and oxygen atoms in total. The second-order valence-electron chi connectivity index (χ2n) is 10.5. The third kappa shape index (κ3) is 5.71. The lowest BCUT2D eigenvalue weighted by Crippen LogP contribution is -2.36. The zero-order valence-corrected chi connectivity index (χ0v) is 23.9. The SMILES string of the molecule is CC/C(=C/c1oc2ccc(-c3ccccc3)cc2[n+]1CCCS(=O)(=O)[O-])CC1Oc2cc3ccccc3cc2N1C. The van der Waals surface area contributed by atoms with Crippen LogP contribution >= 0.6 is 0 Å². The van der Waals surface area contributed by atoms with E-state index in [-0.39, 0.29) is 12.6 Å². The van der Waals surface area contributed by atoms with Crippen molar-refractivity contribution in [3.05, 3.63) is 96.4 Å². The van der Waals surface area contributed by atoms with Crippen LogP contribution in [0.2, 0.25) is 0 Å². The summed E-state index contributed by atoms with van der Waals surface area (Å²) in [5.41, 5.74) is 5.85. The van der Waals surface area contributed by atoms with Crippen molar-refractivity contribution in [3.63, 3.8) is 0 Å². The molecule has 210 valence electrons. The maximum Gasteiger partial charge on any atom is 0.374 e. The molecule has 0 spiro atoms. The molecule has 8 heteroatoms. The van der Waals surface area contributed by atoms with Gasteiger partial charge in [0.1, 0.15) is 5.75 Å². The summed E-state index contributed by atoms with van der Waals surface area (Å²) in [6, 6.07) is 28.6.